The summed E-state index contributed by atoms with van der Waals surface area (Å²) < 4.78 is 7.73. The van der Waals surface area contributed by atoms with E-state index in [1.165, 1.54) is 11.8 Å². The zero-order valence-corrected chi connectivity index (χ0v) is 15.6. The van der Waals surface area contributed by atoms with Gasteiger partial charge in [-0.1, -0.05) is 41.7 Å². The van der Waals surface area contributed by atoms with Gasteiger partial charge in [0.1, 0.15) is 5.75 Å². The third-order valence-corrected chi connectivity index (χ3v) is 5.36. The lowest BCUT2D eigenvalue weighted by molar-refractivity contribution is -0.117. The first-order valence-corrected chi connectivity index (χ1v) is 9.81. The summed E-state index contributed by atoms with van der Waals surface area (Å²) in [6.45, 7) is 2.69. The van der Waals surface area contributed by atoms with E-state index < -0.39 is 0 Å². The minimum Gasteiger partial charge on any atom is -0.483 e. The number of nitrogens with one attached hydrogen (secondary N) is 1. The molecule has 2 heterocycles. The topological polar surface area (TPSA) is 81.4 Å². The van der Waals surface area contributed by atoms with E-state index in [2.05, 4.69) is 20.5 Å². The van der Waals surface area contributed by atoms with Gasteiger partial charge in [0.15, 0.2) is 22.3 Å². The SMILES string of the molecule is C[C@@H](Oc1ccccc1)c1nnc(SCC(=O)NC2=NCCS2)n1C. The predicted molar refractivity (Wildman–Crippen MR) is 100 cm³/mol. The number of rotatable bonds is 6. The van der Waals surface area contributed by atoms with Gasteiger partial charge in [-0.25, -0.2) is 0 Å². The number of hydrogen-bond acceptors (Lipinski definition) is 7. The summed E-state index contributed by atoms with van der Waals surface area (Å²) in [5, 5.41) is 12.5. The molecule has 1 aromatic carbocycles. The number of thioether (sulfide) groups is 2. The summed E-state index contributed by atoms with van der Waals surface area (Å²) in [7, 11) is 1.87. The fourth-order valence-corrected chi connectivity index (χ4v) is 3.72. The first-order valence-electron chi connectivity index (χ1n) is 7.84. The van der Waals surface area contributed by atoms with Crippen LogP contribution in [0.25, 0.3) is 0 Å². The van der Waals surface area contributed by atoms with Crippen LogP contribution in [-0.4, -0.2) is 43.9 Å². The van der Waals surface area contributed by atoms with Crippen LogP contribution in [0.3, 0.4) is 0 Å². The van der Waals surface area contributed by atoms with Crippen molar-refractivity contribution in [1.82, 2.24) is 20.1 Å². The van der Waals surface area contributed by atoms with Crippen molar-refractivity contribution >= 4 is 34.6 Å². The Balaban J connectivity index is 1.56. The molecular formula is C16H19N5O2S2. The molecule has 0 aliphatic carbocycles. The van der Waals surface area contributed by atoms with Gasteiger partial charge in [-0.15, -0.1) is 10.2 Å². The van der Waals surface area contributed by atoms with Crippen molar-refractivity contribution in [2.24, 2.45) is 12.0 Å². The number of nitrogens with zero attached hydrogens (tertiary/aromatic N) is 4. The molecule has 0 bridgehead atoms. The standard InChI is InChI=1S/C16H19N5O2S2/c1-11(23-12-6-4-3-5-7-12)14-19-20-16(21(14)2)25-10-13(22)18-15-17-8-9-24-15/h3-7,11H,8-10H2,1-2H3,(H,17,18,22)/t11-/m1/s1. The molecule has 1 aliphatic heterocycles. The van der Waals surface area contributed by atoms with E-state index in [0.29, 0.717) is 16.1 Å². The van der Waals surface area contributed by atoms with Crippen LogP contribution in [0, 0.1) is 0 Å². The summed E-state index contributed by atoms with van der Waals surface area (Å²) in [6, 6.07) is 9.58. The monoisotopic (exact) mass is 377 g/mol. The van der Waals surface area contributed by atoms with Crippen molar-refractivity contribution in [3.8, 4) is 5.75 Å². The number of aromatic nitrogens is 3. The molecule has 9 heteroatoms. The smallest absolute Gasteiger partial charge is 0.236 e. The lowest BCUT2D eigenvalue weighted by Gasteiger charge is -2.14. The number of amides is 1. The van der Waals surface area contributed by atoms with Gasteiger partial charge < -0.3 is 14.6 Å². The number of amidine groups is 1. The van der Waals surface area contributed by atoms with Crippen molar-refractivity contribution in [3.63, 3.8) is 0 Å². The molecule has 7 nitrogen and oxygen atoms in total. The second-order valence-corrected chi connectivity index (χ2v) is 7.37. The van der Waals surface area contributed by atoms with Crippen molar-refractivity contribution in [1.29, 1.82) is 0 Å². The van der Waals surface area contributed by atoms with Crippen molar-refractivity contribution in [2.45, 2.75) is 18.2 Å². The van der Waals surface area contributed by atoms with E-state index in [-0.39, 0.29) is 17.8 Å². The maximum absolute atomic E-state index is 12.0. The largest absolute Gasteiger partial charge is 0.483 e. The van der Waals surface area contributed by atoms with Crippen LogP contribution in [0.5, 0.6) is 5.75 Å². The Morgan fingerprint density at radius 2 is 2.20 bits per heavy atom. The molecule has 1 aromatic heterocycles. The molecule has 0 fully saturated rings. The average molecular weight is 377 g/mol. The highest BCUT2D eigenvalue weighted by Crippen LogP contribution is 2.23. The first kappa shape index (κ1) is 17.8. The van der Waals surface area contributed by atoms with Crippen LogP contribution in [0.15, 0.2) is 40.5 Å². The molecule has 1 amide bonds. The van der Waals surface area contributed by atoms with Gasteiger partial charge in [-0.2, -0.15) is 0 Å². The molecule has 1 aliphatic rings. The number of carbonyl (C=O) groups is 1. The maximum Gasteiger partial charge on any atom is 0.236 e. The molecule has 0 spiro atoms. The van der Waals surface area contributed by atoms with Crippen LogP contribution in [0.2, 0.25) is 0 Å². The fourth-order valence-electron chi connectivity index (χ4n) is 2.26. The third kappa shape index (κ3) is 4.76. The van der Waals surface area contributed by atoms with Crippen LogP contribution in [-0.2, 0) is 11.8 Å². The lowest BCUT2D eigenvalue weighted by atomic mass is 10.3. The molecule has 132 valence electrons. The van der Waals surface area contributed by atoms with Gasteiger partial charge in [0.05, 0.1) is 12.3 Å². The number of hydrogen-bond donors (Lipinski definition) is 1. The second kappa shape index (κ2) is 8.39. The number of para-hydroxylation sites is 1. The second-order valence-electron chi connectivity index (χ2n) is 5.35. The summed E-state index contributed by atoms with van der Waals surface area (Å²) in [5.41, 5.74) is 0. The zero-order chi connectivity index (χ0) is 17.6. The van der Waals surface area contributed by atoms with Gasteiger partial charge in [-0.05, 0) is 19.1 Å². The molecule has 0 saturated carbocycles. The molecule has 1 atom stereocenters. The Hall–Kier alpha value is -2.00. The molecule has 0 radical (unpaired) electrons. The molecule has 3 rings (SSSR count). The van der Waals surface area contributed by atoms with Crippen molar-refractivity contribution in [2.75, 3.05) is 18.1 Å². The molecule has 0 saturated heterocycles. The molecule has 25 heavy (non-hydrogen) atoms. The molecule has 0 unspecified atom stereocenters. The number of benzene rings is 1. The number of ether oxygens (including phenoxy) is 1. The highest BCUT2D eigenvalue weighted by molar-refractivity contribution is 8.14. The molecule has 2 aromatic rings. The third-order valence-electron chi connectivity index (χ3n) is 3.45. The predicted octanol–water partition coefficient (Wildman–Crippen LogP) is 2.27. The van der Waals surface area contributed by atoms with Crippen molar-refractivity contribution < 1.29 is 9.53 Å². The Morgan fingerprint density at radius 3 is 2.92 bits per heavy atom. The normalized spacial score (nSPS) is 14.9. The molecule has 1 N–H and O–H groups in total. The summed E-state index contributed by atoms with van der Waals surface area (Å²) in [6.07, 6.45) is -0.243. The Morgan fingerprint density at radius 1 is 1.40 bits per heavy atom. The van der Waals surface area contributed by atoms with E-state index in [1.807, 2.05) is 48.9 Å². The van der Waals surface area contributed by atoms with Gasteiger partial charge in [-0.3, -0.25) is 9.79 Å². The Bertz CT molecular complexity index is 763. The Kier molecular flexibility index (Phi) is 5.98. The van der Waals surface area contributed by atoms with E-state index in [0.717, 1.165) is 18.0 Å². The summed E-state index contributed by atoms with van der Waals surface area (Å²) >= 11 is 2.90. The van der Waals surface area contributed by atoms with E-state index >= 15 is 0 Å². The lowest BCUT2D eigenvalue weighted by Crippen LogP contribution is -2.29. The minimum absolute atomic E-state index is 0.0868. The maximum atomic E-state index is 12.0. The van der Waals surface area contributed by atoms with E-state index in [4.69, 9.17) is 4.74 Å². The van der Waals surface area contributed by atoms with Gasteiger partial charge >= 0.3 is 0 Å². The zero-order valence-electron chi connectivity index (χ0n) is 14.0. The Labute approximate surface area is 154 Å². The van der Waals surface area contributed by atoms with Crippen LogP contribution < -0.4 is 10.1 Å². The fraction of sp³-hybridized carbons (Fsp3) is 0.375. The van der Waals surface area contributed by atoms with E-state index in [1.54, 1.807) is 11.8 Å². The van der Waals surface area contributed by atoms with Gasteiger partial charge in [0.2, 0.25) is 5.91 Å². The quantitative estimate of drug-likeness (QED) is 0.778. The minimum atomic E-state index is -0.243. The highest BCUT2D eigenvalue weighted by Gasteiger charge is 2.18. The molecular weight excluding hydrogens is 358 g/mol. The van der Waals surface area contributed by atoms with Gasteiger partial charge in [0, 0.05) is 12.8 Å². The van der Waals surface area contributed by atoms with Gasteiger partial charge in [0.25, 0.3) is 0 Å². The van der Waals surface area contributed by atoms with E-state index in [9.17, 15) is 4.79 Å². The van der Waals surface area contributed by atoms with Crippen molar-refractivity contribution in [3.05, 3.63) is 36.2 Å². The summed E-state index contributed by atoms with van der Waals surface area (Å²) in [5.74, 6) is 2.59. The first-order chi connectivity index (χ1) is 12.1. The highest BCUT2D eigenvalue weighted by atomic mass is 32.2. The number of carbonyl (C=O) groups excluding carboxylic acids is 1. The van der Waals surface area contributed by atoms with Crippen LogP contribution in [0.1, 0.15) is 18.9 Å². The van der Waals surface area contributed by atoms with Crippen LogP contribution in [0.4, 0.5) is 0 Å². The average Bonchev–Trinajstić information content (AvgIpc) is 3.23. The number of aliphatic imine (C=N–C) groups is 1. The summed E-state index contributed by atoms with van der Waals surface area (Å²) in [4.78, 5) is 16.2. The van der Waals surface area contributed by atoms with Crippen LogP contribution >= 0.6 is 23.5 Å².